The first-order valence-corrected chi connectivity index (χ1v) is 14.2. The molecular formula is C31H39N7O4. The molecule has 1 unspecified atom stereocenters. The van der Waals surface area contributed by atoms with Gasteiger partial charge in [-0.1, -0.05) is 32.9 Å². The number of anilines is 2. The van der Waals surface area contributed by atoms with Gasteiger partial charge in [-0.05, 0) is 69.5 Å². The summed E-state index contributed by atoms with van der Waals surface area (Å²) in [5.41, 5.74) is 3.10. The van der Waals surface area contributed by atoms with Crippen LogP contribution in [0, 0.1) is 0 Å². The van der Waals surface area contributed by atoms with E-state index in [1.54, 1.807) is 16.5 Å². The molecule has 1 aromatic carbocycles. The first-order chi connectivity index (χ1) is 19.7. The van der Waals surface area contributed by atoms with Crippen molar-refractivity contribution in [1.82, 2.24) is 29.2 Å². The molecule has 0 bridgehead atoms. The van der Waals surface area contributed by atoms with E-state index in [4.69, 9.17) is 14.7 Å². The highest BCUT2D eigenvalue weighted by Gasteiger charge is 2.27. The molecule has 0 spiro atoms. The number of carbonyl (C=O) groups is 1. The number of nitrogens with zero attached hydrogens (tertiary/aromatic N) is 6. The molecule has 0 aliphatic carbocycles. The van der Waals surface area contributed by atoms with Crippen molar-refractivity contribution < 1.29 is 14.6 Å². The highest BCUT2D eigenvalue weighted by atomic mass is 16.6. The number of nitrogens with one attached hydrogen (secondary N) is 1. The van der Waals surface area contributed by atoms with Crippen molar-refractivity contribution >= 4 is 28.8 Å². The predicted molar refractivity (Wildman–Crippen MR) is 161 cm³/mol. The number of ether oxygens (including phenoxy) is 1. The van der Waals surface area contributed by atoms with E-state index in [0.717, 1.165) is 23.4 Å². The molecule has 0 saturated heterocycles. The van der Waals surface area contributed by atoms with Crippen LogP contribution in [0.15, 0.2) is 47.4 Å². The lowest BCUT2D eigenvalue weighted by Gasteiger charge is -2.31. The highest BCUT2D eigenvalue weighted by molar-refractivity contribution is 5.77. The lowest BCUT2D eigenvalue weighted by Crippen LogP contribution is -2.39. The van der Waals surface area contributed by atoms with Gasteiger partial charge in [0.2, 0.25) is 5.95 Å². The van der Waals surface area contributed by atoms with Gasteiger partial charge >= 0.3 is 6.09 Å². The number of aliphatic hydroxyl groups is 1. The van der Waals surface area contributed by atoms with Gasteiger partial charge in [-0.3, -0.25) is 4.79 Å². The Bertz CT molecular complexity index is 1690. The molecule has 0 radical (unpaired) electrons. The van der Waals surface area contributed by atoms with Crippen molar-refractivity contribution in [2.45, 2.75) is 78.5 Å². The number of pyridine rings is 1. The Labute approximate surface area is 245 Å². The van der Waals surface area contributed by atoms with E-state index >= 15 is 0 Å². The van der Waals surface area contributed by atoms with Gasteiger partial charge in [0.05, 0.1) is 12.6 Å². The topological polar surface area (TPSA) is 127 Å². The summed E-state index contributed by atoms with van der Waals surface area (Å²) in [5, 5.41) is 13.6. The van der Waals surface area contributed by atoms with E-state index in [-0.39, 0.29) is 23.7 Å². The summed E-state index contributed by atoms with van der Waals surface area (Å²) in [6.07, 6.45) is 1.91. The van der Waals surface area contributed by atoms with Gasteiger partial charge in [0.25, 0.3) is 5.56 Å². The summed E-state index contributed by atoms with van der Waals surface area (Å²) in [6.45, 7) is 14.4. The number of amides is 1. The third-order valence-corrected chi connectivity index (χ3v) is 7.15. The molecule has 1 atom stereocenters. The normalized spacial score (nSPS) is 14.5. The van der Waals surface area contributed by atoms with Crippen LogP contribution in [0.4, 0.5) is 16.4 Å². The van der Waals surface area contributed by atoms with E-state index < -0.39 is 11.6 Å². The lowest BCUT2D eigenvalue weighted by molar-refractivity contribution is 0.0224. The fourth-order valence-electron chi connectivity index (χ4n) is 4.96. The van der Waals surface area contributed by atoms with Crippen LogP contribution in [-0.2, 0) is 23.1 Å². The van der Waals surface area contributed by atoms with Crippen molar-refractivity contribution in [3.05, 3.63) is 69.8 Å². The Balaban J connectivity index is 1.51. The molecule has 1 amide bonds. The first-order valence-electron chi connectivity index (χ1n) is 14.2. The minimum Gasteiger partial charge on any atom is -0.444 e. The van der Waals surface area contributed by atoms with E-state index in [2.05, 4.69) is 31.1 Å². The van der Waals surface area contributed by atoms with Crippen LogP contribution in [0.5, 0.6) is 0 Å². The summed E-state index contributed by atoms with van der Waals surface area (Å²) < 4.78 is 8.70. The SMILES string of the molecule is CC(CO)n1c(=O)c2cnc(Nc3ccc4c(c3)CN(C(=O)OC(C)(C)C)CC4)nc2n1-c1cccc(C(C)(C)C)n1. The van der Waals surface area contributed by atoms with Gasteiger partial charge in [-0.15, -0.1) is 0 Å². The molecule has 11 heteroatoms. The molecule has 5 rings (SSSR count). The van der Waals surface area contributed by atoms with Gasteiger partial charge in [0.1, 0.15) is 11.0 Å². The lowest BCUT2D eigenvalue weighted by atomic mass is 9.92. The summed E-state index contributed by atoms with van der Waals surface area (Å²) in [7, 11) is 0. The smallest absolute Gasteiger partial charge is 0.410 e. The minimum atomic E-state index is -0.560. The quantitative estimate of drug-likeness (QED) is 0.346. The van der Waals surface area contributed by atoms with Crippen molar-refractivity contribution in [3.63, 3.8) is 0 Å². The second kappa shape index (κ2) is 10.9. The number of aliphatic hydroxyl groups excluding tert-OH is 1. The van der Waals surface area contributed by atoms with Gasteiger partial charge in [-0.2, -0.15) is 4.98 Å². The summed E-state index contributed by atoms with van der Waals surface area (Å²) in [6, 6.07) is 11.1. The highest BCUT2D eigenvalue weighted by Crippen LogP contribution is 2.27. The second-order valence-electron chi connectivity index (χ2n) is 12.8. The van der Waals surface area contributed by atoms with Crippen LogP contribution in [0.1, 0.15) is 71.3 Å². The predicted octanol–water partition coefficient (Wildman–Crippen LogP) is 4.86. The third-order valence-electron chi connectivity index (χ3n) is 7.15. The van der Waals surface area contributed by atoms with E-state index in [0.29, 0.717) is 35.9 Å². The molecule has 0 saturated carbocycles. The van der Waals surface area contributed by atoms with Gasteiger partial charge in [-0.25, -0.2) is 24.1 Å². The number of carbonyl (C=O) groups excluding carboxylic acids is 1. The minimum absolute atomic E-state index is 0.208. The molecule has 4 aromatic rings. The molecule has 3 aromatic heterocycles. The average molecular weight is 574 g/mol. The summed E-state index contributed by atoms with van der Waals surface area (Å²) >= 11 is 0. The number of fused-ring (bicyclic) bond motifs is 2. The van der Waals surface area contributed by atoms with Crippen LogP contribution in [0.3, 0.4) is 0 Å². The Morgan fingerprint density at radius 1 is 1.10 bits per heavy atom. The Morgan fingerprint density at radius 3 is 2.55 bits per heavy atom. The standard InChI is InChI=1S/C31H39N7O4/c1-19(18-39)37-27(40)23-16-32-28(35-26(23)38(37)25-10-8-9-24(34-25)30(2,3)4)33-22-12-11-20-13-14-36(17-21(20)15-22)29(41)42-31(5,6)7/h8-12,15-16,19,39H,13-14,17-18H2,1-7H3,(H,32,33,35). The van der Waals surface area contributed by atoms with E-state index in [9.17, 15) is 14.7 Å². The molecule has 42 heavy (non-hydrogen) atoms. The Kier molecular flexibility index (Phi) is 7.57. The fraction of sp³-hybridized carbons (Fsp3) is 0.452. The largest absolute Gasteiger partial charge is 0.444 e. The molecule has 4 heterocycles. The number of hydrogen-bond acceptors (Lipinski definition) is 8. The second-order valence-corrected chi connectivity index (χ2v) is 12.8. The monoisotopic (exact) mass is 573 g/mol. The maximum atomic E-state index is 13.5. The van der Waals surface area contributed by atoms with Crippen molar-refractivity contribution in [2.24, 2.45) is 0 Å². The average Bonchev–Trinajstić information content (AvgIpc) is 3.22. The summed E-state index contributed by atoms with van der Waals surface area (Å²) in [4.78, 5) is 41.9. The maximum Gasteiger partial charge on any atom is 0.410 e. The number of rotatable bonds is 5. The molecule has 1 aliphatic rings. The van der Waals surface area contributed by atoms with Crippen LogP contribution in [-0.4, -0.2) is 59.2 Å². The molecule has 11 nitrogen and oxygen atoms in total. The van der Waals surface area contributed by atoms with Crippen LogP contribution < -0.4 is 10.9 Å². The first kappa shape index (κ1) is 29.2. The number of hydrogen-bond donors (Lipinski definition) is 2. The number of aromatic nitrogens is 5. The molecule has 1 aliphatic heterocycles. The van der Waals surface area contributed by atoms with Crippen LogP contribution >= 0.6 is 0 Å². The molecule has 2 N–H and O–H groups in total. The maximum absolute atomic E-state index is 13.5. The van der Waals surface area contributed by atoms with Crippen molar-refractivity contribution in [3.8, 4) is 5.82 Å². The number of benzene rings is 1. The Morgan fingerprint density at radius 2 is 1.86 bits per heavy atom. The molecular weight excluding hydrogens is 534 g/mol. The zero-order valence-electron chi connectivity index (χ0n) is 25.3. The molecule has 222 valence electrons. The Hall–Kier alpha value is -4.25. The zero-order chi connectivity index (χ0) is 30.4. The zero-order valence-corrected chi connectivity index (χ0v) is 25.3. The van der Waals surface area contributed by atoms with Gasteiger partial charge in [0.15, 0.2) is 11.5 Å². The van der Waals surface area contributed by atoms with Crippen LogP contribution in [0.2, 0.25) is 0 Å². The summed E-state index contributed by atoms with van der Waals surface area (Å²) in [5.74, 6) is 0.826. The van der Waals surface area contributed by atoms with Crippen LogP contribution in [0.25, 0.3) is 16.9 Å². The van der Waals surface area contributed by atoms with E-state index in [1.165, 1.54) is 16.4 Å². The van der Waals surface area contributed by atoms with Crippen molar-refractivity contribution in [2.75, 3.05) is 18.5 Å². The third kappa shape index (κ3) is 5.87. The van der Waals surface area contributed by atoms with E-state index in [1.807, 2.05) is 57.2 Å². The fourth-order valence-corrected chi connectivity index (χ4v) is 4.96. The molecule has 0 fully saturated rings. The van der Waals surface area contributed by atoms with Gasteiger partial charge < -0.3 is 20.1 Å². The van der Waals surface area contributed by atoms with Crippen molar-refractivity contribution in [1.29, 1.82) is 0 Å². The van der Waals surface area contributed by atoms with Gasteiger partial charge in [0, 0.05) is 36.1 Å².